The van der Waals surface area contributed by atoms with Gasteiger partial charge in [0.2, 0.25) is 5.96 Å². The van der Waals surface area contributed by atoms with Crippen molar-refractivity contribution in [3.05, 3.63) is 17.2 Å². The average molecular weight is 415 g/mol. The molecule has 0 unspecified atom stereocenters. The lowest BCUT2D eigenvalue weighted by Gasteiger charge is -2.24. The van der Waals surface area contributed by atoms with Crippen molar-refractivity contribution in [3.63, 3.8) is 0 Å². The Labute approximate surface area is 151 Å². The van der Waals surface area contributed by atoms with Crippen LogP contribution < -0.4 is 26.3 Å². The minimum absolute atomic E-state index is 0.0767. The first-order valence-electron chi connectivity index (χ1n) is 6.79. The van der Waals surface area contributed by atoms with E-state index in [-0.39, 0.29) is 22.6 Å². The van der Waals surface area contributed by atoms with E-state index >= 15 is 0 Å². The van der Waals surface area contributed by atoms with Crippen molar-refractivity contribution in [2.45, 2.75) is 25.0 Å². The van der Waals surface area contributed by atoms with E-state index in [0.717, 1.165) is 12.1 Å². The Morgan fingerprint density at radius 2 is 1.88 bits per heavy atom. The van der Waals surface area contributed by atoms with Gasteiger partial charge in [-0.2, -0.15) is 21.6 Å². The van der Waals surface area contributed by atoms with Gasteiger partial charge in [-0.1, -0.05) is 11.6 Å². The fourth-order valence-corrected chi connectivity index (χ4v) is 2.54. The molecule has 0 saturated heterocycles. The molecule has 0 amide bonds. The Hall–Kier alpha value is -2.41. The van der Waals surface area contributed by atoms with Gasteiger partial charge in [-0.25, -0.2) is 9.98 Å². The van der Waals surface area contributed by atoms with Crippen LogP contribution in [0.5, 0.6) is 5.75 Å². The number of hydrogen-bond acceptors (Lipinski definition) is 9. The van der Waals surface area contributed by atoms with Crippen molar-refractivity contribution in [2.75, 3.05) is 11.1 Å². The van der Waals surface area contributed by atoms with E-state index in [1.807, 2.05) is 0 Å². The van der Waals surface area contributed by atoms with Crippen LogP contribution in [0.15, 0.2) is 22.1 Å². The molecule has 26 heavy (non-hydrogen) atoms. The summed E-state index contributed by atoms with van der Waals surface area (Å²) in [6.07, 6.45) is 0. The number of benzene rings is 1. The molecule has 0 saturated carbocycles. The number of aliphatic imine (C=N–C) groups is 2. The minimum atomic E-state index is -5.88. The Morgan fingerprint density at radius 3 is 2.42 bits per heavy atom. The normalized spacial score (nSPS) is 17.0. The Morgan fingerprint density at radius 1 is 1.27 bits per heavy atom. The van der Waals surface area contributed by atoms with E-state index in [1.54, 1.807) is 13.8 Å². The SMILES string of the molecule is CC1(C)N=C(N)NC(Nc2cc(N)c(OS(=O)(=O)C(F)(F)F)cc2Cl)=N1. The van der Waals surface area contributed by atoms with Gasteiger partial charge in [-0.05, 0) is 19.9 Å². The first kappa shape index (κ1) is 19.9. The zero-order chi connectivity index (χ0) is 19.9. The number of rotatable bonds is 3. The monoisotopic (exact) mass is 414 g/mol. The third-order valence-electron chi connectivity index (χ3n) is 2.86. The van der Waals surface area contributed by atoms with E-state index in [0.29, 0.717) is 0 Å². The number of nitrogen functional groups attached to an aromatic ring is 1. The molecule has 144 valence electrons. The minimum Gasteiger partial charge on any atom is -0.396 e. The average Bonchev–Trinajstić information content (AvgIpc) is 2.40. The second-order valence-electron chi connectivity index (χ2n) is 5.55. The Kier molecular flexibility index (Phi) is 4.89. The first-order chi connectivity index (χ1) is 11.7. The molecule has 0 fully saturated rings. The zero-order valence-electron chi connectivity index (χ0n) is 13.3. The summed E-state index contributed by atoms with van der Waals surface area (Å²) in [5.41, 5.74) is 4.44. The number of anilines is 2. The van der Waals surface area contributed by atoms with Crippen LogP contribution >= 0.6 is 11.6 Å². The van der Waals surface area contributed by atoms with Crippen LogP contribution in [0.1, 0.15) is 13.8 Å². The van der Waals surface area contributed by atoms with Gasteiger partial charge >= 0.3 is 15.6 Å². The number of guanidine groups is 2. The van der Waals surface area contributed by atoms with Crippen LogP contribution in [0.4, 0.5) is 24.5 Å². The molecular weight excluding hydrogens is 401 g/mol. The summed E-state index contributed by atoms with van der Waals surface area (Å²) in [6.45, 7) is 3.36. The quantitative estimate of drug-likeness (QED) is 0.334. The summed E-state index contributed by atoms with van der Waals surface area (Å²) in [7, 11) is -5.88. The van der Waals surface area contributed by atoms with Crippen LogP contribution in [0.2, 0.25) is 5.02 Å². The summed E-state index contributed by atoms with van der Waals surface area (Å²) in [5.74, 6) is -0.536. The highest BCUT2D eigenvalue weighted by atomic mass is 35.5. The number of halogens is 4. The highest BCUT2D eigenvalue weighted by Gasteiger charge is 2.48. The predicted molar refractivity (Wildman–Crippen MR) is 91.4 cm³/mol. The lowest BCUT2D eigenvalue weighted by Crippen LogP contribution is -2.47. The van der Waals surface area contributed by atoms with E-state index < -0.39 is 32.7 Å². The molecule has 0 bridgehead atoms. The lowest BCUT2D eigenvalue weighted by atomic mass is 10.2. The molecule has 0 radical (unpaired) electrons. The number of alkyl halides is 3. The molecule has 0 aliphatic carbocycles. The highest BCUT2D eigenvalue weighted by Crippen LogP contribution is 2.36. The van der Waals surface area contributed by atoms with E-state index in [4.69, 9.17) is 23.1 Å². The number of nitrogens with zero attached hydrogens (tertiary/aromatic N) is 2. The smallest absolute Gasteiger partial charge is 0.396 e. The molecule has 1 aliphatic rings. The molecule has 0 aromatic heterocycles. The second kappa shape index (κ2) is 6.39. The van der Waals surface area contributed by atoms with Crippen molar-refractivity contribution in [1.82, 2.24) is 5.32 Å². The third-order valence-corrected chi connectivity index (χ3v) is 4.14. The highest BCUT2D eigenvalue weighted by molar-refractivity contribution is 7.88. The van der Waals surface area contributed by atoms with Gasteiger partial charge in [0, 0.05) is 6.07 Å². The maximum Gasteiger partial charge on any atom is 0.534 e. The van der Waals surface area contributed by atoms with Crippen molar-refractivity contribution >= 4 is 45.0 Å². The van der Waals surface area contributed by atoms with Gasteiger partial charge in [0.1, 0.15) is 0 Å². The largest absolute Gasteiger partial charge is 0.534 e. The summed E-state index contributed by atoms with van der Waals surface area (Å²) >= 11 is 5.95. The maximum absolute atomic E-state index is 12.4. The molecule has 1 aromatic carbocycles. The van der Waals surface area contributed by atoms with Gasteiger partial charge in [0.05, 0.1) is 16.4 Å². The molecule has 1 heterocycles. The van der Waals surface area contributed by atoms with Gasteiger partial charge in [-0.15, -0.1) is 0 Å². The van der Waals surface area contributed by atoms with Crippen LogP contribution in [-0.2, 0) is 10.1 Å². The van der Waals surface area contributed by atoms with Crippen LogP contribution in [0.25, 0.3) is 0 Å². The van der Waals surface area contributed by atoms with Crippen molar-refractivity contribution in [1.29, 1.82) is 0 Å². The van der Waals surface area contributed by atoms with Gasteiger partial charge in [0.15, 0.2) is 17.4 Å². The van der Waals surface area contributed by atoms with Crippen molar-refractivity contribution in [2.24, 2.45) is 15.7 Å². The fraction of sp³-hybridized carbons (Fsp3) is 0.333. The van der Waals surface area contributed by atoms with Crippen molar-refractivity contribution in [3.8, 4) is 5.75 Å². The summed E-state index contributed by atoms with van der Waals surface area (Å²) in [6, 6.07) is 1.91. The second-order valence-corrected chi connectivity index (χ2v) is 7.50. The number of nitrogens with two attached hydrogens (primary N) is 2. The predicted octanol–water partition coefficient (Wildman–Crippen LogP) is 1.57. The Balaban J connectivity index is 2.30. The van der Waals surface area contributed by atoms with Gasteiger partial charge in [-0.3, -0.25) is 5.32 Å². The number of nitrogens with one attached hydrogen (secondary N) is 2. The molecule has 1 aliphatic heterocycles. The van der Waals surface area contributed by atoms with Gasteiger partial charge in [0.25, 0.3) is 0 Å². The molecule has 0 atom stereocenters. The molecule has 1 aromatic rings. The molecule has 0 spiro atoms. The van der Waals surface area contributed by atoms with Crippen LogP contribution in [0.3, 0.4) is 0 Å². The third kappa shape index (κ3) is 4.40. The topological polar surface area (TPSA) is 144 Å². The summed E-state index contributed by atoms with van der Waals surface area (Å²) < 4.78 is 63.4. The molecular formula is C12H14ClF3N6O3S. The fourth-order valence-electron chi connectivity index (χ4n) is 1.86. The standard InChI is InChI=1S/C12H14ClF3N6O3S/c1-11(2)21-9(18)20-10(22-11)19-7-4-6(17)8(3-5(7)13)25-26(23,24)12(14,15)16/h3-4H,17H2,1-2H3,(H4,18,19,20,21,22). The zero-order valence-corrected chi connectivity index (χ0v) is 14.9. The maximum atomic E-state index is 12.4. The molecule has 14 heteroatoms. The van der Waals surface area contributed by atoms with E-state index in [1.165, 1.54) is 0 Å². The first-order valence-corrected chi connectivity index (χ1v) is 8.58. The van der Waals surface area contributed by atoms with E-state index in [9.17, 15) is 21.6 Å². The summed E-state index contributed by atoms with van der Waals surface area (Å²) in [4.78, 5) is 8.23. The molecule has 6 N–H and O–H groups in total. The molecule has 9 nitrogen and oxygen atoms in total. The van der Waals surface area contributed by atoms with Crippen LogP contribution in [0, 0.1) is 0 Å². The number of hydrogen-bond donors (Lipinski definition) is 4. The Bertz CT molecular complexity index is 898. The summed E-state index contributed by atoms with van der Waals surface area (Å²) in [5, 5.41) is 5.20. The lowest BCUT2D eigenvalue weighted by molar-refractivity contribution is -0.0499. The van der Waals surface area contributed by atoms with Crippen LogP contribution in [-0.4, -0.2) is 31.5 Å². The van der Waals surface area contributed by atoms with E-state index in [2.05, 4.69) is 24.8 Å². The van der Waals surface area contributed by atoms with Gasteiger partial charge < -0.3 is 21.0 Å². The molecule has 2 rings (SSSR count). The van der Waals surface area contributed by atoms with Crippen molar-refractivity contribution < 1.29 is 25.8 Å².